The number of H-pyrrole nitrogens is 1. The average Bonchev–Trinajstić information content (AvgIpc) is 3.54. The largest absolute Gasteiger partial charge is 0.371 e. The predicted octanol–water partition coefficient (Wildman–Crippen LogP) is 4.33. The molecule has 4 aromatic rings. The third kappa shape index (κ3) is 4.52. The smallest absolute Gasteiger partial charge is 0.257 e. The van der Waals surface area contributed by atoms with Crippen LogP contribution in [0.15, 0.2) is 71.6 Å². The molecule has 0 radical (unpaired) electrons. The number of para-hydroxylation sites is 2. The van der Waals surface area contributed by atoms with Crippen LogP contribution in [-0.2, 0) is 10.0 Å². The third-order valence-corrected chi connectivity index (χ3v) is 8.03. The first-order chi connectivity index (χ1) is 16.8. The number of benzene rings is 3. The minimum atomic E-state index is -3.68. The SMILES string of the molecule is CN(C)S(=O)(=O)c1ccc(N2CCCC2)c(C(=O)Nc2cccc(-c3nc4ccccc4[nH]3)c2)c1. The molecular formula is C26H27N5O3S. The number of hydrogen-bond donors (Lipinski definition) is 2. The van der Waals surface area contributed by atoms with Crippen LogP contribution >= 0.6 is 0 Å². The Bertz CT molecular complexity index is 1470. The Balaban J connectivity index is 1.48. The molecule has 1 aliphatic rings. The standard InChI is InChI=1S/C26H27N5O3S/c1-30(2)35(33,34)20-12-13-24(31-14-5-6-15-31)21(17-20)26(32)27-19-9-7-8-18(16-19)25-28-22-10-3-4-11-23(22)29-25/h3-4,7-13,16-17H,5-6,14-15H2,1-2H3,(H,27,32)(H,28,29). The van der Waals surface area contributed by atoms with Gasteiger partial charge in [-0.3, -0.25) is 4.79 Å². The minimum Gasteiger partial charge on any atom is -0.371 e. The van der Waals surface area contributed by atoms with Gasteiger partial charge in [0.05, 0.1) is 21.5 Å². The Morgan fingerprint density at radius 2 is 1.77 bits per heavy atom. The second kappa shape index (κ2) is 9.16. The lowest BCUT2D eigenvalue weighted by molar-refractivity contribution is 0.102. The fourth-order valence-corrected chi connectivity index (χ4v) is 5.26. The van der Waals surface area contributed by atoms with Gasteiger partial charge in [-0.1, -0.05) is 24.3 Å². The van der Waals surface area contributed by atoms with Gasteiger partial charge < -0.3 is 15.2 Å². The van der Waals surface area contributed by atoms with Gasteiger partial charge in [0.2, 0.25) is 10.0 Å². The van der Waals surface area contributed by atoms with Crippen molar-refractivity contribution in [2.24, 2.45) is 0 Å². The first-order valence-corrected chi connectivity index (χ1v) is 12.9. The van der Waals surface area contributed by atoms with Gasteiger partial charge in [0, 0.05) is 44.1 Å². The maximum absolute atomic E-state index is 13.5. The van der Waals surface area contributed by atoms with E-state index in [1.54, 1.807) is 18.2 Å². The van der Waals surface area contributed by atoms with Crippen molar-refractivity contribution < 1.29 is 13.2 Å². The van der Waals surface area contributed by atoms with E-state index in [0.29, 0.717) is 17.1 Å². The molecule has 1 aliphatic heterocycles. The van der Waals surface area contributed by atoms with Crippen LogP contribution in [0.5, 0.6) is 0 Å². The van der Waals surface area contributed by atoms with Crippen molar-refractivity contribution in [3.05, 3.63) is 72.3 Å². The highest BCUT2D eigenvalue weighted by Crippen LogP contribution is 2.30. The topological polar surface area (TPSA) is 98.4 Å². The molecule has 3 aromatic carbocycles. The number of sulfonamides is 1. The van der Waals surface area contributed by atoms with Crippen molar-refractivity contribution in [1.82, 2.24) is 14.3 Å². The number of carbonyl (C=O) groups is 1. The van der Waals surface area contributed by atoms with Gasteiger partial charge in [-0.2, -0.15) is 0 Å². The Hall–Kier alpha value is -3.69. The number of aromatic amines is 1. The monoisotopic (exact) mass is 489 g/mol. The number of rotatable bonds is 6. The number of imidazole rings is 1. The predicted molar refractivity (Wildman–Crippen MR) is 138 cm³/mol. The van der Waals surface area contributed by atoms with Crippen molar-refractivity contribution in [2.45, 2.75) is 17.7 Å². The molecule has 8 nitrogen and oxygen atoms in total. The maximum Gasteiger partial charge on any atom is 0.257 e. The van der Waals surface area contributed by atoms with Gasteiger partial charge in [0.1, 0.15) is 5.82 Å². The van der Waals surface area contributed by atoms with Crippen LogP contribution in [0.3, 0.4) is 0 Å². The van der Waals surface area contributed by atoms with E-state index < -0.39 is 10.0 Å². The highest BCUT2D eigenvalue weighted by molar-refractivity contribution is 7.89. The second-order valence-corrected chi connectivity index (χ2v) is 10.9. The van der Waals surface area contributed by atoms with E-state index >= 15 is 0 Å². The van der Waals surface area contributed by atoms with Gasteiger partial charge in [-0.05, 0) is 55.3 Å². The lowest BCUT2D eigenvalue weighted by Crippen LogP contribution is -2.25. The summed E-state index contributed by atoms with van der Waals surface area (Å²) in [7, 11) is -0.721. The Morgan fingerprint density at radius 3 is 2.51 bits per heavy atom. The molecule has 35 heavy (non-hydrogen) atoms. The van der Waals surface area contributed by atoms with E-state index in [4.69, 9.17) is 0 Å². The summed E-state index contributed by atoms with van der Waals surface area (Å²) in [6.45, 7) is 1.67. The van der Waals surface area contributed by atoms with E-state index in [9.17, 15) is 13.2 Å². The quantitative estimate of drug-likeness (QED) is 0.420. The molecule has 0 aliphatic carbocycles. The Kier molecular flexibility index (Phi) is 6.04. The number of amides is 1. The molecule has 0 bridgehead atoms. The summed E-state index contributed by atoms with van der Waals surface area (Å²) in [4.78, 5) is 23.6. The van der Waals surface area contributed by atoms with E-state index in [2.05, 4.69) is 20.2 Å². The minimum absolute atomic E-state index is 0.0895. The number of nitrogens with one attached hydrogen (secondary N) is 2. The second-order valence-electron chi connectivity index (χ2n) is 8.80. The summed E-state index contributed by atoms with van der Waals surface area (Å²) in [5.74, 6) is 0.351. The average molecular weight is 490 g/mol. The molecule has 1 aromatic heterocycles. The van der Waals surface area contributed by atoms with Gasteiger partial charge in [0.15, 0.2) is 0 Å². The number of fused-ring (bicyclic) bond motifs is 1. The third-order valence-electron chi connectivity index (χ3n) is 6.22. The molecule has 9 heteroatoms. The van der Waals surface area contributed by atoms with Crippen molar-refractivity contribution in [3.63, 3.8) is 0 Å². The molecule has 180 valence electrons. The van der Waals surface area contributed by atoms with Crippen LogP contribution < -0.4 is 10.2 Å². The summed E-state index contributed by atoms with van der Waals surface area (Å²) in [6.07, 6.45) is 2.08. The molecule has 0 spiro atoms. The van der Waals surface area contributed by atoms with Crippen LogP contribution in [-0.4, -0.2) is 55.8 Å². The van der Waals surface area contributed by atoms with Gasteiger partial charge in [-0.15, -0.1) is 0 Å². The fraction of sp³-hybridized carbons (Fsp3) is 0.231. The summed E-state index contributed by atoms with van der Waals surface area (Å²) in [5.41, 5.74) is 4.32. The first-order valence-electron chi connectivity index (χ1n) is 11.5. The normalized spacial score (nSPS) is 14.1. The Labute approximate surface area is 204 Å². The molecule has 2 N–H and O–H groups in total. The molecule has 1 amide bonds. The molecule has 0 unspecified atom stereocenters. The Morgan fingerprint density at radius 1 is 1.00 bits per heavy atom. The summed E-state index contributed by atoms with van der Waals surface area (Å²) in [5, 5.41) is 2.96. The number of nitrogens with zero attached hydrogens (tertiary/aromatic N) is 3. The molecule has 1 saturated heterocycles. The molecule has 2 heterocycles. The highest BCUT2D eigenvalue weighted by atomic mass is 32.2. The van der Waals surface area contributed by atoms with Gasteiger partial charge in [0.25, 0.3) is 5.91 Å². The zero-order valence-corrected chi connectivity index (χ0v) is 20.5. The molecular weight excluding hydrogens is 462 g/mol. The number of anilines is 2. The van der Waals surface area contributed by atoms with Gasteiger partial charge in [-0.25, -0.2) is 17.7 Å². The van der Waals surface area contributed by atoms with E-state index in [1.165, 1.54) is 20.2 Å². The maximum atomic E-state index is 13.5. The summed E-state index contributed by atoms with van der Waals surface area (Å²) < 4.78 is 26.6. The lowest BCUT2D eigenvalue weighted by atomic mass is 10.1. The lowest BCUT2D eigenvalue weighted by Gasteiger charge is -2.22. The molecule has 0 saturated carbocycles. The van der Waals surface area contributed by atoms with Crippen LogP contribution in [0.1, 0.15) is 23.2 Å². The van der Waals surface area contributed by atoms with Crippen LogP contribution in [0, 0.1) is 0 Å². The fourth-order valence-electron chi connectivity index (χ4n) is 4.33. The molecule has 1 fully saturated rings. The number of aromatic nitrogens is 2. The van der Waals surface area contributed by atoms with Crippen LogP contribution in [0.2, 0.25) is 0 Å². The summed E-state index contributed by atoms with van der Waals surface area (Å²) >= 11 is 0. The van der Waals surface area contributed by atoms with Gasteiger partial charge >= 0.3 is 0 Å². The zero-order valence-electron chi connectivity index (χ0n) is 19.7. The zero-order chi connectivity index (χ0) is 24.6. The van der Waals surface area contributed by atoms with Crippen molar-refractivity contribution >= 4 is 38.3 Å². The highest BCUT2D eigenvalue weighted by Gasteiger charge is 2.24. The first kappa shape index (κ1) is 23.1. The van der Waals surface area contributed by atoms with Crippen molar-refractivity contribution in [1.29, 1.82) is 0 Å². The van der Waals surface area contributed by atoms with E-state index in [0.717, 1.165) is 52.5 Å². The molecule has 5 rings (SSSR count). The number of hydrogen-bond acceptors (Lipinski definition) is 5. The van der Waals surface area contributed by atoms with Crippen molar-refractivity contribution in [2.75, 3.05) is 37.4 Å². The molecule has 0 atom stereocenters. The van der Waals surface area contributed by atoms with Crippen molar-refractivity contribution in [3.8, 4) is 11.4 Å². The van der Waals surface area contributed by atoms with Crippen LogP contribution in [0.4, 0.5) is 11.4 Å². The van der Waals surface area contributed by atoms with Crippen LogP contribution in [0.25, 0.3) is 22.4 Å². The number of carbonyl (C=O) groups excluding carboxylic acids is 1. The van der Waals surface area contributed by atoms with E-state index in [-0.39, 0.29) is 10.8 Å². The van der Waals surface area contributed by atoms with E-state index in [1.807, 2.05) is 42.5 Å². The summed E-state index contributed by atoms with van der Waals surface area (Å²) in [6, 6.07) is 20.0.